The van der Waals surface area contributed by atoms with Crippen molar-refractivity contribution in [2.24, 2.45) is 0 Å². The van der Waals surface area contributed by atoms with Crippen molar-refractivity contribution in [3.05, 3.63) is 46.6 Å². The van der Waals surface area contributed by atoms with Crippen molar-refractivity contribution in [2.45, 2.75) is 0 Å². The molecule has 16 heavy (non-hydrogen) atoms. The van der Waals surface area contributed by atoms with Gasteiger partial charge in [0.05, 0.1) is 7.11 Å². The fourth-order valence-electron chi connectivity index (χ4n) is 1.33. The van der Waals surface area contributed by atoms with E-state index in [2.05, 4.69) is 15.9 Å². The number of nitrogens with one attached hydrogen (secondary N) is 1. The molecule has 0 saturated carbocycles. The normalized spacial score (nSPS) is 10.1. The number of hydrogen-bond donors (Lipinski definition) is 1. The van der Waals surface area contributed by atoms with E-state index in [1.54, 1.807) is 6.07 Å². The van der Waals surface area contributed by atoms with Crippen LogP contribution in [0.4, 0.5) is 0 Å². The van der Waals surface area contributed by atoms with E-state index in [1.165, 1.54) is 7.11 Å². The predicted octanol–water partition coefficient (Wildman–Crippen LogP) is 3.68. The molecular weight excluding hydrogens is 270 g/mol. The van der Waals surface area contributed by atoms with Crippen molar-refractivity contribution in [1.82, 2.24) is 0 Å². The van der Waals surface area contributed by atoms with Gasteiger partial charge in [0.25, 0.3) is 0 Å². The van der Waals surface area contributed by atoms with Gasteiger partial charge in [0, 0.05) is 10.0 Å². The average Bonchev–Trinajstić information content (AvgIpc) is 2.78. The van der Waals surface area contributed by atoms with Crippen molar-refractivity contribution in [2.75, 3.05) is 7.11 Å². The van der Waals surface area contributed by atoms with E-state index in [-0.39, 0.29) is 5.90 Å². The quantitative estimate of drug-likeness (QED) is 0.673. The molecule has 0 atom stereocenters. The van der Waals surface area contributed by atoms with Gasteiger partial charge in [-0.2, -0.15) is 0 Å². The molecule has 2 rings (SSSR count). The highest BCUT2D eigenvalue weighted by Gasteiger charge is 2.08. The lowest BCUT2D eigenvalue weighted by Crippen LogP contribution is -1.98. The van der Waals surface area contributed by atoms with E-state index in [4.69, 9.17) is 14.6 Å². The van der Waals surface area contributed by atoms with Crippen molar-refractivity contribution in [3.8, 4) is 11.3 Å². The maximum Gasteiger partial charge on any atom is 0.249 e. The Labute approximate surface area is 102 Å². The molecule has 0 bridgehead atoms. The molecule has 0 amide bonds. The Morgan fingerprint density at radius 1 is 1.19 bits per heavy atom. The first kappa shape index (κ1) is 11.0. The van der Waals surface area contributed by atoms with Crippen molar-refractivity contribution in [3.63, 3.8) is 0 Å². The van der Waals surface area contributed by atoms with Crippen LogP contribution < -0.4 is 0 Å². The molecule has 3 nitrogen and oxygen atoms in total. The Balaban J connectivity index is 2.31. The standard InChI is InChI=1S/C12H10BrNO2/c1-15-12(14)11-7-6-10(16-11)8-2-4-9(13)5-3-8/h2-7,14H,1H3. The van der Waals surface area contributed by atoms with Crippen LogP contribution in [0.3, 0.4) is 0 Å². The van der Waals surface area contributed by atoms with E-state index in [0.717, 1.165) is 15.8 Å². The highest BCUT2D eigenvalue weighted by Crippen LogP contribution is 2.24. The molecule has 4 heteroatoms. The maximum atomic E-state index is 7.46. The molecule has 0 aliphatic carbocycles. The first-order chi connectivity index (χ1) is 7.70. The molecule has 0 aliphatic heterocycles. The van der Waals surface area contributed by atoms with Crippen LogP contribution >= 0.6 is 15.9 Å². The molecule has 1 heterocycles. The fraction of sp³-hybridized carbons (Fsp3) is 0.0833. The summed E-state index contributed by atoms with van der Waals surface area (Å²) in [5.41, 5.74) is 0.971. The van der Waals surface area contributed by atoms with Gasteiger partial charge >= 0.3 is 0 Å². The van der Waals surface area contributed by atoms with Crippen molar-refractivity contribution < 1.29 is 9.15 Å². The summed E-state index contributed by atoms with van der Waals surface area (Å²) >= 11 is 3.37. The van der Waals surface area contributed by atoms with Crippen LogP contribution in [0.2, 0.25) is 0 Å². The van der Waals surface area contributed by atoms with Gasteiger partial charge < -0.3 is 9.15 Å². The van der Waals surface area contributed by atoms with Gasteiger partial charge in [-0.1, -0.05) is 28.1 Å². The van der Waals surface area contributed by atoms with Gasteiger partial charge in [0.2, 0.25) is 5.90 Å². The van der Waals surface area contributed by atoms with E-state index < -0.39 is 0 Å². The highest BCUT2D eigenvalue weighted by atomic mass is 79.9. The Bertz CT molecular complexity index is 502. The molecule has 1 aromatic carbocycles. The third-order valence-electron chi connectivity index (χ3n) is 2.16. The average molecular weight is 280 g/mol. The Kier molecular flexibility index (Phi) is 3.10. The second-order valence-electron chi connectivity index (χ2n) is 3.20. The van der Waals surface area contributed by atoms with E-state index >= 15 is 0 Å². The fourth-order valence-corrected chi connectivity index (χ4v) is 1.59. The number of furan rings is 1. The Morgan fingerprint density at radius 2 is 1.88 bits per heavy atom. The minimum Gasteiger partial charge on any atom is -0.479 e. The smallest absolute Gasteiger partial charge is 0.249 e. The van der Waals surface area contributed by atoms with Crippen molar-refractivity contribution in [1.29, 1.82) is 5.41 Å². The SMILES string of the molecule is COC(=N)c1ccc(-c2ccc(Br)cc2)o1. The lowest BCUT2D eigenvalue weighted by Gasteiger charge is -1.98. The number of methoxy groups -OCH3 is 1. The first-order valence-electron chi connectivity index (χ1n) is 4.69. The summed E-state index contributed by atoms with van der Waals surface area (Å²) in [6, 6.07) is 11.3. The van der Waals surface area contributed by atoms with Crippen LogP contribution in [0.15, 0.2) is 45.3 Å². The zero-order valence-electron chi connectivity index (χ0n) is 8.66. The predicted molar refractivity (Wildman–Crippen MR) is 65.7 cm³/mol. The molecular formula is C12H10BrNO2. The summed E-state index contributed by atoms with van der Waals surface area (Å²) in [5.74, 6) is 1.19. The number of benzene rings is 1. The molecule has 0 unspecified atom stereocenters. The minimum atomic E-state index is 0.0309. The number of ether oxygens (including phenoxy) is 1. The molecule has 82 valence electrons. The molecule has 0 fully saturated rings. The molecule has 0 saturated heterocycles. The third-order valence-corrected chi connectivity index (χ3v) is 2.69. The van der Waals surface area contributed by atoms with Gasteiger partial charge in [-0.15, -0.1) is 0 Å². The maximum absolute atomic E-state index is 7.46. The van der Waals surface area contributed by atoms with E-state index in [1.807, 2.05) is 30.3 Å². The Morgan fingerprint density at radius 3 is 2.50 bits per heavy atom. The van der Waals surface area contributed by atoms with Crippen LogP contribution in [-0.2, 0) is 4.74 Å². The summed E-state index contributed by atoms with van der Waals surface area (Å²) in [4.78, 5) is 0. The number of halogens is 1. The van der Waals surface area contributed by atoms with Crippen LogP contribution in [-0.4, -0.2) is 13.0 Å². The molecule has 0 spiro atoms. The zero-order chi connectivity index (χ0) is 11.5. The molecule has 0 aliphatic rings. The van der Waals surface area contributed by atoms with Gasteiger partial charge in [-0.25, -0.2) is 0 Å². The van der Waals surface area contributed by atoms with Crippen LogP contribution in [0, 0.1) is 5.41 Å². The lowest BCUT2D eigenvalue weighted by atomic mass is 10.2. The van der Waals surface area contributed by atoms with Gasteiger partial charge in [0.1, 0.15) is 5.76 Å². The summed E-state index contributed by atoms with van der Waals surface area (Å²) in [6.45, 7) is 0. The summed E-state index contributed by atoms with van der Waals surface area (Å²) in [6.07, 6.45) is 0. The van der Waals surface area contributed by atoms with Crippen molar-refractivity contribution >= 4 is 21.8 Å². The van der Waals surface area contributed by atoms with Gasteiger partial charge in [-0.05, 0) is 24.3 Å². The van der Waals surface area contributed by atoms with E-state index in [0.29, 0.717) is 5.76 Å². The van der Waals surface area contributed by atoms with E-state index in [9.17, 15) is 0 Å². The summed E-state index contributed by atoms with van der Waals surface area (Å²) < 4.78 is 11.3. The minimum absolute atomic E-state index is 0.0309. The number of hydrogen-bond acceptors (Lipinski definition) is 3. The topological polar surface area (TPSA) is 46.2 Å². The van der Waals surface area contributed by atoms with Crippen LogP contribution in [0.5, 0.6) is 0 Å². The van der Waals surface area contributed by atoms with Crippen LogP contribution in [0.25, 0.3) is 11.3 Å². The number of rotatable bonds is 2. The zero-order valence-corrected chi connectivity index (χ0v) is 10.2. The summed E-state index contributed by atoms with van der Waals surface area (Å²) in [7, 11) is 1.45. The molecule has 0 radical (unpaired) electrons. The van der Waals surface area contributed by atoms with Crippen LogP contribution in [0.1, 0.15) is 5.76 Å². The third kappa shape index (κ3) is 2.17. The monoisotopic (exact) mass is 279 g/mol. The lowest BCUT2D eigenvalue weighted by molar-refractivity contribution is 0.385. The largest absolute Gasteiger partial charge is 0.479 e. The summed E-state index contributed by atoms with van der Waals surface area (Å²) in [5, 5.41) is 7.46. The first-order valence-corrected chi connectivity index (χ1v) is 5.48. The van der Waals surface area contributed by atoms with Gasteiger partial charge in [0.15, 0.2) is 5.76 Å². The Hall–Kier alpha value is -1.55. The molecule has 2 aromatic rings. The second kappa shape index (κ2) is 4.53. The molecule has 1 N–H and O–H groups in total. The molecule has 1 aromatic heterocycles. The highest BCUT2D eigenvalue weighted by molar-refractivity contribution is 9.10. The van der Waals surface area contributed by atoms with Gasteiger partial charge in [-0.3, -0.25) is 5.41 Å². The second-order valence-corrected chi connectivity index (χ2v) is 4.12.